The Bertz CT molecular complexity index is 886. The summed E-state index contributed by atoms with van der Waals surface area (Å²) in [5, 5.41) is 0. The third-order valence-electron chi connectivity index (χ3n) is 7.98. The van der Waals surface area contributed by atoms with E-state index >= 15 is 0 Å². The average Bonchev–Trinajstić information content (AvgIpc) is 3.02. The highest BCUT2D eigenvalue weighted by Gasteiger charge is 2.27. The van der Waals surface area contributed by atoms with Gasteiger partial charge in [0, 0.05) is 12.8 Å². The van der Waals surface area contributed by atoms with Crippen molar-refractivity contribution in [3.05, 3.63) is 24.3 Å². The number of carbonyl (C=O) groups is 2. The van der Waals surface area contributed by atoms with E-state index in [-0.39, 0.29) is 32.0 Å². The van der Waals surface area contributed by atoms with Crippen LogP contribution in [0.25, 0.3) is 0 Å². The molecule has 0 spiro atoms. The molecule has 0 aromatic carbocycles. The molecule has 282 valence electrons. The van der Waals surface area contributed by atoms with Crippen molar-refractivity contribution in [2.75, 3.05) is 47.5 Å². The number of phosphoric ester groups is 1. The van der Waals surface area contributed by atoms with E-state index in [1.165, 1.54) is 77.0 Å². The molecule has 0 amide bonds. The number of ether oxygens (including phenoxy) is 2. The van der Waals surface area contributed by atoms with Crippen molar-refractivity contribution < 1.29 is 42.1 Å². The van der Waals surface area contributed by atoms with Crippen LogP contribution < -0.4 is 0 Å². The molecule has 0 aliphatic rings. The van der Waals surface area contributed by atoms with Gasteiger partial charge in [0.2, 0.25) is 0 Å². The van der Waals surface area contributed by atoms with Gasteiger partial charge in [0.05, 0.1) is 27.7 Å². The molecule has 0 fully saturated rings. The number of rotatable bonds is 34. The van der Waals surface area contributed by atoms with E-state index in [0.717, 1.165) is 44.9 Å². The van der Waals surface area contributed by atoms with Crippen LogP contribution in [0, 0.1) is 0 Å². The molecule has 48 heavy (non-hydrogen) atoms. The van der Waals surface area contributed by atoms with Gasteiger partial charge in [-0.2, -0.15) is 0 Å². The zero-order valence-corrected chi connectivity index (χ0v) is 32.4. The molecule has 0 saturated carbocycles. The van der Waals surface area contributed by atoms with E-state index in [2.05, 4.69) is 38.2 Å². The summed E-state index contributed by atoms with van der Waals surface area (Å²) in [4.78, 5) is 35.1. The van der Waals surface area contributed by atoms with Crippen LogP contribution in [0.2, 0.25) is 0 Å². The van der Waals surface area contributed by atoms with E-state index in [1.807, 2.05) is 21.1 Å². The molecular weight excluding hydrogens is 629 g/mol. The Kier molecular flexibility index (Phi) is 30.5. The Balaban J connectivity index is 4.49. The second-order valence-corrected chi connectivity index (χ2v) is 15.4. The largest absolute Gasteiger partial charge is 0.472 e. The predicted molar refractivity (Wildman–Crippen MR) is 197 cm³/mol. The highest BCUT2D eigenvalue weighted by molar-refractivity contribution is 7.47. The summed E-state index contributed by atoms with van der Waals surface area (Å²) in [6.07, 6.45) is 30.9. The lowest BCUT2D eigenvalue weighted by molar-refractivity contribution is -0.870. The van der Waals surface area contributed by atoms with Gasteiger partial charge in [0.15, 0.2) is 6.10 Å². The number of nitrogens with zero attached hydrogens (tertiary/aromatic N) is 1. The molecule has 9 nitrogen and oxygen atoms in total. The highest BCUT2D eigenvalue weighted by Crippen LogP contribution is 2.43. The summed E-state index contributed by atoms with van der Waals surface area (Å²) in [6.45, 7) is 4.34. The predicted octanol–water partition coefficient (Wildman–Crippen LogP) is 10.0. The molecule has 0 aromatic rings. The first kappa shape index (κ1) is 46.5. The van der Waals surface area contributed by atoms with E-state index in [4.69, 9.17) is 18.5 Å². The summed E-state index contributed by atoms with van der Waals surface area (Å²) < 4.78 is 34.1. The normalized spacial score (nSPS) is 14.0. The Morgan fingerprint density at radius 2 is 1.12 bits per heavy atom. The number of likely N-dealkylation sites (N-methyl/N-ethyl adjacent to an activating group) is 1. The lowest BCUT2D eigenvalue weighted by Crippen LogP contribution is -2.37. The first-order chi connectivity index (χ1) is 23.0. The van der Waals surface area contributed by atoms with Crippen LogP contribution >= 0.6 is 7.82 Å². The van der Waals surface area contributed by atoms with Crippen LogP contribution in [0.4, 0.5) is 0 Å². The lowest BCUT2D eigenvalue weighted by Gasteiger charge is -2.24. The second kappa shape index (κ2) is 31.5. The Morgan fingerprint density at radius 1 is 0.646 bits per heavy atom. The van der Waals surface area contributed by atoms with Crippen LogP contribution in [0.1, 0.15) is 155 Å². The van der Waals surface area contributed by atoms with Crippen molar-refractivity contribution in [3.63, 3.8) is 0 Å². The van der Waals surface area contributed by atoms with Crippen LogP contribution in [-0.4, -0.2) is 74.9 Å². The lowest BCUT2D eigenvalue weighted by atomic mass is 10.1. The number of quaternary nitrogens is 1. The van der Waals surface area contributed by atoms with Gasteiger partial charge in [-0.1, -0.05) is 122 Å². The monoisotopic (exact) mass is 703 g/mol. The number of esters is 2. The maximum Gasteiger partial charge on any atom is 0.472 e. The van der Waals surface area contributed by atoms with Crippen LogP contribution in [0.15, 0.2) is 24.3 Å². The van der Waals surface area contributed by atoms with Gasteiger partial charge in [0.1, 0.15) is 19.8 Å². The zero-order valence-electron chi connectivity index (χ0n) is 31.5. The summed E-state index contributed by atoms with van der Waals surface area (Å²) in [7, 11) is 1.46. The number of hydrogen-bond acceptors (Lipinski definition) is 7. The average molecular weight is 703 g/mol. The van der Waals surface area contributed by atoms with Crippen LogP contribution in [0.5, 0.6) is 0 Å². The number of allylic oxidation sites excluding steroid dienone is 4. The number of carbonyl (C=O) groups excluding carboxylic acids is 2. The summed E-state index contributed by atoms with van der Waals surface area (Å²) >= 11 is 0. The molecular formula is C38H73NO8P+. The van der Waals surface area contributed by atoms with Crippen LogP contribution in [-0.2, 0) is 32.7 Å². The molecule has 0 saturated heterocycles. The molecule has 0 radical (unpaired) electrons. The number of unbranched alkanes of at least 4 members (excludes halogenated alkanes) is 16. The van der Waals surface area contributed by atoms with Crippen molar-refractivity contribution in [1.29, 1.82) is 0 Å². The summed E-state index contributed by atoms with van der Waals surface area (Å²) in [6, 6.07) is 0. The molecule has 0 aliphatic heterocycles. The third kappa shape index (κ3) is 34.4. The smallest absolute Gasteiger partial charge is 0.462 e. The fraction of sp³-hybridized carbons (Fsp3) is 0.842. The Labute approximate surface area is 294 Å². The standard InChI is InChI=1S/C38H72NO8P/c1-6-8-10-12-14-16-17-18-19-20-21-23-25-27-29-31-38(41)47-36(35-46-48(42,43)45-33-32-39(3,4)5)34-44-37(40)30-28-26-24-22-15-13-11-9-7-2/h18-19,21,23,36H,6-17,20,22,24-35H2,1-5H3/p+1/b19-18+,23-21+/t36-/m1/s1. The van der Waals surface area contributed by atoms with Gasteiger partial charge in [0.25, 0.3) is 0 Å². The molecule has 0 aliphatic carbocycles. The van der Waals surface area contributed by atoms with E-state index in [9.17, 15) is 19.0 Å². The fourth-order valence-corrected chi connectivity index (χ4v) is 5.67. The van der Waals surface area contributed by atoms with Gasteiger partial charge in [-0.15, -0.1) is 0 Å². The minimum atomic E-state index is -4.37. The highest BCUT2D eigenvalue weighted by atomic mass is 31.2. The number of hydrogen-bond donors (Lipinski definition) is 1. The minimum absolute atomic E-state index is 0.0272. The van der Waals surface area contributed by atoms with E-state index < -0.39 is 26.5 Å². The quantitative estimate of drug-likeness (QED) is 0.0232. The number of phosphoric acid groups is 1. The molecule has 0 bridgehead atoms. The fourth-order valence-electron chi connectivity index (χ4n) is 4.92. The zero-order chi connectivity index (χ0) is 35.8. The first-order valence-corrected chi connectivity index (χ1v) is 20.6. The van der Waals surface area contributed by atoms with E-state index in [1.54, 1.807) is 0 Å². The second-order valence-electron chi connectivity index (χ2n) is 14.0. The summed E-state index contributed by atoms with van der Waals surface area (Å²) in [5.41, 5.74) is 0. The van der Waals surface area contributed by atoms with Gasteiger partial charge in [-0.25, -0.2) is 4.57 Å². The first-order valence-electron chi connectivity index (χ1n) is 19.1. The topological polar surface area (TPSA) is 108 Å². The summed E-state index contributed by atoms with van der Waals surface area (Å²) in [5.74, 6) is -0.840. The van der Waals surface area contributed by atoms with Crippen molar-refractivity contribution in [1.82, 2.24) is 0 Å². The van der Waals surface area contributed by atoms with Gasteiger partial charge in [-0.05, 0) is 44.9 Å². The van der Waals surface area contributed by atoms with E-state index in [0.29, 0.717) is 17.4 Å². The molecule has 0 rings (SSSR count). The maximum absolute atomic E-state index is 12.6. The third-order valence-corrected chi connectivity index (χ3v) is 8.97. The van der Waals surface area contributed by atoms with Crippen molar-refractivity contribution in [2.24, 2.45) is 0 Å². The van der Waals surface area contributed by atoms with Crippen LogP contribution in [0.3, 0.4) is 0 Å². The molecule has 1 N–H and O–H groups in total. The SMILES string of the molecule is CCCCCCCC/C=C/C/C=C/CCCCC(=O)O[C@H](COC(=O)CCCCCCCCCCC)COP(=O)(O)OCC[N+](C)(C)C. The Morgan fingerprint density at radius 3 is 1.69 bits per heavy atom. The molecule has 2 atom stereocenters. The molecule has 10 heteroatoms. The van der Waals surface area contributed by atoms with Crippen molar-refractivity contribution >= 4 is 19.8 Å². The van der Waals surface area contributed by atoms with Gasteiger partial charge >= 0.3 is 19.8 Å². The van der Waals surface area contributed by atoms with Crippen molar-refractivity contribution in [3.8, 4) is 0 Å². The maximum atomic E-state index is 12.6. The van der Waals surface area contributed by atoms with Gasteiger partial charge < -0.3 is 18.9 Å². The van der Waals surface area contributed by atoms with Gasteiger partial charge in [-0.3, -0.25) is 18.6 Å². The minimum Gasteiger partial charge on any atom is -0.462 e. The molecule has 1 unspecified atom stereocenters. The molecule has 0 aromatic heterocycles. The Hall–Kier alpha value is -1.51. The van der Waals surface area contributed by atoms with Crippen molar-refractivity contribution in [2.45, 2.75) is 161 Å². The molecule has 0 heterocycles.